The van der Waals surface area contributed by atoms with Crippen molar-refractivity contribution in [3.8, 4) is 0 Å². The summed E-state index contributed by atoms with van der Waals surface area (Å²) in [7, 11) is 0. The van der Waals surface area contributed by atoms with E-state index < -0.39 is 0 Å². The van der Waals surface area contributed by atoms with Crippen LogP contribution in [0.3, 0.4) is 0 Å². The SMILES string of the molecule is Cc1cc(CN2CCCN(C(=O)c3ccc(Br)cc3)CC2)no1. The molecule has 122 valence electrons. The summed E-state index contributed by atoms with van der Waals surface area (Å²) >= 11 is 3.40. The van der Waals surface area contributed by atoms with Crippen LogP contribution in [0.25, 0.3) is 0 Å². The number of nitrogens with zero attached hydrogens (tertiary/aromatic N) is 3. The van der Waals surface area contributed by atoms with Gasteiger partial charge in [-0.15, -0.1) is 0 Å². The quantitative estimate of drug-likeness (QED) is 0.824. The van der Waals surface area contributed by atoms with E-state index in [4.69, 9.17) is 4.52 Å². The fourth-order valence-corrected chi connectivity index (χ4v) is 3.09. The molecule has 1 amide bonds. The van der Waals surface area contributed by atoms with Gasteiger partial charge in [-0.3, -0.25) is 9.69 Å². The molecule has 0 N–H and O–H groups in total. The lowest BCUT2D eigenvalue weighted by atomic mass is 10.2. The zero-order chi connectivity index (χ0) is 16.2. The largest absolute Gasteiger partial charge is 0.361 e. The summed E-state index contributed by atoms with van der Waals surface area (Å²) < 4.78 is 6.10. The molecule has 0 bridgehead atoms. The number of hydrogen-bond acceptors (Lipinski definition) is 4. The molecular weight excluding hydrogens is 358 g/mol. The molecule has 0 radical (unpaired) electrons. The van der Waals surface area contributed by atoms with Crippen molar-refractivity contribution in [3.05, 3.63) is 51.8 Å². The van der Waals surface area contributed by atoms with Crippen molar-refractivity contribution in [2.24, 2.45) is 0 Å². The lowest BCUT2D eigenvalue weighted by Gasteiger charge is -2.21. The highest BCUT2D eigenvalue weighted by Crippen LogP contribution is 2.15. The Balaban J connectivity index is 1.59. The molecule has 1 aliphatic rings. The number of hydrogen-bond donors (Lipinski definition) is 0. The lowest BCUT2D eigenvalue weighted by Crippen LogP contribution is -2.35. The standard InChI is InChI=1S/C17H20BrN3O2/c1-13-11-16(19-23-13)12-20-7-2-8-21(10-9-20)17(22)14-3-5-15(18)6-4-14/h3-6,11H,2,7-10,12H2,1H3. The van der Waals surface area contributed by atoms with Crippen molar-refractivity contribution in [2.45, 2.75) is 19.9 Å². The highest BCUT2D eigenvalue weighted by molar-refractivity contribution is 9.10. The second-order valence-corrected chi connectivity index (χ2v) is 6.77. The van der Waals surface area contributed by atoms with Gasteiger partial charge in [0.05, 0.1) is 5.69 Å². The summed E-state index contributed by atoms with van der Waals surface area (Å²) in [5.41, 5.74) is 1.70. The monoisotopic (exact) mass is 377 g/mol. The van der Waals surface area contributed by atoms with Gasteiger partial charge < -0.3 is 9.42 Å². The first-order chi connectivity index (χ1) is 11.1. The van der Waals surface area contributed by atoms with Crippen LogP contribution in [-0.4, -0.2) is 47.0 Å². The van der Waals surface area contributed by atoms with E-state index in [2.05, 4.69) is 26.0 Å². The number of halogens is 1. The summed E-state index contributed by atoms with van der Waals surface area (Å²) in [6.45, 7) is 6.04. The molecule has 2 heterocycles. The molecule has 1 fully saturated rings. The van der Waals surface area contributed by atoms with Gasteiger partial charge in [0.15, 0.2) is 0 Å². The fourth-order valence-electron chi connectivity index (χ4n) is 2.83. The average Bonchev–Trinajstić information content (AvgIpc) is 2.81. The van der Waals surface area contributed by atoms with E-state index in [9.17, 15) is 4.79 Å². The highest BCUT2D eigenvalue weighted by atomic mass is 79.9. The number of carbonyl (C=O) groups is 1. The Bertz CT molecular complexity index is 669. The van der Waals surface area contributed by atoms with Gasteiger partial charge in [-0.25, -0.2) is 0 Å². The van der Waals surface area contributed by atoms with E-state index in [0.717, 1.165) is 60.6 Å². The molecule has 0 aliphatic carbocycles. The zero-order valence-corrected chi connectivity index (χ0v) is 14.8. The van der Waals surface area contributed by atoms with Gasteiger partial charge in [-0.2, -0.15) is 0 Å². The normalized spacial score (nSPS) is 16.3. The molecule has 6 heteroatoms. The fraction of sp³-hybridized carbons (Fsp3) is 0.412. The van der Waals surface area contributed by atoms with Crippen molar-refractivity contribution in [1.29, 1.82) is 0 Å². The third-order valence-corrected chi connectivity index (χ3v) is 4.56. The van der Waals surface area contributed by atoms with Crippen molar-refractivity contribution in [1.82, 2.24) is 15.0 Å². The minimum atomic E-state index is 0.108. The molecule has 2 aromatic rings. The van der Waals surface area contributed by atoms with Crippen LogP contribution in [0, 0.1) is 6.92 Å². The first-order valence-electron chi connectivity index (χ1n) is 7.81. The van der Waals surface area contributed by atoms with Gasteiger partial charge in [0.2, 0.25) is 0 Å². The molecule has 23 heavy (non-hydrogen) atoms. The van der Waals surface area contributed by atoms with Crippen molar-refractivity contribution in [2.75, 3.05) is 26.2 Å². The summed E-state index contributed by atoms with van der Waals surface area (Å²) in [6, 6.07) is 9.52. The third-order valence-electron chi connectivity index (χ3n) is 4.03. The van der Waals surface area contributed by atoms with Crippen LogP contribution in [0.1, 0.15) is 28.2 Å². The third kappa shape index (κ3) is 4.20. The van der Waals surface area contributed by atoms with Gasteiger partial charge in [0.1, 0.15) is 5.76 Å². The van der Waals surface area contributed by atoms with E-state index in [1.165, 1.54) is 0 Å². The van der Waals surface area contributed by atoms with Crippen LogP contribution < -0.4 is 0 Å². The summed E-state index contributed by atoms with van der Waals surface area (Å²) in [6.07, 6.45) is 0.971. The molecule has 1 aromatic carbocycles. The van der Waals surface area contributed by atoms with Crippen molar-refractivity contribution < 1.29 is 9.32 Å². The summed E-state index contributed by atoms with van der Waals surface area (Å²) in [5.74, 6) is 0.943. The van der Waals surface area contributed by atoms with Crippen LogP contribution >= 0.6 is 15.9 Å². The van der Waals surface area contributed by atoms with E-state index in [0.29, 0.717) is 0 Å². The maximum Gasteiger partial charge on any atom is 0.253 e. The molecule has 0 atom stereocenters. The minimum absolute atomic E-state index is 0.108. The number of benzene rings is 1. The Morgan fingerprint density at radius 1 is 1.22 bits per heavy atom. The van der Waals surface area contributed by atoms with Crippen LogP contribution in [-0.2, 0) is 6.54 Å². The smallest absolute Gasteiger partial charge is 0.253 e. The Kier molecular flexibility index (Phi) is 5.13. The number of amides is 1. The Morgan fingerprint density at radius 3 is 2.70 bits per heavy atom. The molecule has 3 rings (SSSR count). The number of rotatable bonds is 3. The predicted molar refractivity (Wildman–Crippen MR) is 91.2 cm³/mol. The van der Waals surface area contributed by atoms with Gasteiger partial charge in [-0.05, 0) is 37.6 Å². The Labute approximate surface area is 144 Å². The minimum Gasteiger partial charge on any atom is -0.361 e. The van der Waals surface area contributed by atoms with Gasteiger partial charge in [0.25, 0.3) is 5.91 Å². The average molecular weight is 378 g/mol. The number of aromatic nitrogens is 1. The van der Waals surface area contributed by atoms with E-state index in [1.54, 1.807) is 0 Å². The molecule has 0 saturated carbocycles. The van der Waals surface area contributed by atoms with Crippen LogP contribution in [0.2, 0.25) is 0 Å². The lowest BCUT2D eigenvalue weighted by molar-refractivity contribution is 0.0761. The molecule has 1 saturated heterocycles. The van der Waals surface area contributed by atoms with Gasteiger partial charge >= 0.3 is 0 Å². The van der Waals surface area contributed by atoms with E-state index in [1.807, 2.05) is 42.2 Å². The molecule has 1 aliphatic heterocycles. The molecule has 0 unspecified atom stereocenters. The summed E-state index contributed by atoms with van der Waals surface area (Å²) in [5, 5.41) is 4.05. The highest BCUT2D eigenvalue weighted by Gasteiger charge is 2.20. The molecule has 5 nitrogen and oxygen atoms in total. The van der Waals surface area contributed by atoms with E-state index >= 15 is 0 Å². The van der Waals surface area contributed by atoms with Crippen molar-refractivity contribution in [3.63, 3.8) is 0 Å². The first kappa shape index (κ1) is 16.2. The Hall–Kier alpha value is -1.66. The topological polar surface area (TPSA) is 49.6 Å². The maximum atomic E-state index is 12.6. The Morgan fingerprint density at radius 2 is 2.00 bits per heavy atom. The van der Waals surface area contributed by atoms with E-state index in [-0.39, 0.29) is 5.91 Å². The van der Waals surface area contributed by atoms with Crippen LogP contribution in [0.4, 0.5) is 0 Å². The predicted octanol–water partition coefficient (Wildman–Crippen LogP) is 3.09. The zero-order valence-electron chi connectivity index (χ0n) is 13.2. The van der Waals surface area contributed by atoms with Crippen LogP contribution in [0.5, 0.6) is 0 Å². The first-order valence-corrected chi connectivity index (χ1v) is 8.60. The van der Waals surface area contributed by atoms with Gasteiger partial charge in [0, 0.05) is 48.8 Å². The maximum absolute atomic E-state index is 12.6. The van der Waals surface area contributed by atoms with Crippen molar-refractivity contribution >= 4 is 21.8 Å². The molecular formula is C17H20BrN3O2. The second kappa shape index (κ2) is 7.27. The van der Waals surface area contributed by atoms with Crippen LogP contribution in [0.15, 0.2) is 39.3 Å². The number of aryl methyl sites for hydroxylation is 1. The number of carbonyl (C=O) groups excluding carboxylic acids is 1. The second-order valence-electron chi connectivity index (χ2n) is 5.86. The summed E-state index contributed by atoms with van der Waals surface area (Å²) in [4.78, 5) is 16.9. The molecule has 1 aromatic heterocycles. The van der Waals surface area contributed by atoms with Gasteiger partial charge in [-0.1, -0.05) is 21.1 Å². The molecule has 0 spiro atoms.